The van der Waals surface area contributed by atoms with Gasteiger partial charge in [-0.25, -0.2) is 0 Å². The van der Waals surface area contributed by atoms with Crippen molar-refractivity contribution >= 4 is 17.5 Å². The standard InChI is InChI=1S/C14H19N3O5/c1-8(2)13(16-9(3)18)14(20)15-7-10-6-11(17(21)22)4-5-12(10)19/h4-6,8,13,19H,7H2,1-3H3,(H,15,20)(H,16,18)/p-1/t13-/m1/s1. The Labute approximate surface area is 127 Å². The van der Waals surface area contributed by atoms with Crippen LogP contribution < -0.4 is 15.7 Å². The molecule has 0 saturated carbocycles. The van der Waals surface area contributed by atoms with E-state index in [1.165, 1.54) is 6.92 Å². The number of nitro benzene ring substituents is 1. The lowest BCUT2D eigenvalue weighted by Gasteiger charge is -2.21. The number of amides is 2. The van der Waals surface area contributed by atoms with E-state index in [1.807, 2.05) is 0 Å². The van der Waals surface area contributed by atoms with E-state index in [-0.39, 0.29) is 29.6 Å². The van der Waals surface area contributed by atoms with Gasteiger partial charge in [0.05, 0.1) is 4.92 Å². The summed E-state index contributed by atoms with van der Waals surface area (Å²) >= 11 is 0. The largest absolute Gasteiger partial charge is 0.872 e. The lowest BCUT2D eigenvalue weighted by molar-refractivity contribution is -0.385. The molecule has 0 fully saturated rings. The maximum absolute atomic E-state index is 12.1. The summed E-state index contributed by atoms with van der Waals surface area (Å²) in [6.07, 6.45) is 0. The Kier molecular flexibility index (Phi) is 5.85. The first kappa shape index (κ1) is 17.4. The van der Waals surface area contributed by atoms with E-state index in [9.17, 15) is 24.8 Å². The predicted molar refractivity (Wildman–Crippen MR) is 76.8 cm³/mol. The van der Waals surface area contributed by atoms with Crippen LogP contribution in [-0.2, 0) is 16.1 Å². The maximum Gasteiger partial charge on any atom is 0.269 e. The zero-order valence-corrected chi connectivity index (χ0v) is 12.6. The normalized spacial score (nSPS) is 11.8. The van der Waals surface area contributed by atoms with Crippen LogP contribution in [0, 0.1) is 16.0 Å². The average molecular weight is 308 g/mol. The highest BCUT2D eigenvalue weighted by Gasteiger charge is 2.22. The van der Waals surface area contributed by atoms with Crippen LogP contribution in [-0.4, -0.2) is 22.8 Å². The van der Waals surface area contributed by atoms with Gasteiger partial charge in [-0.3, -0.25) is 19.7 Å². The van der Waals surface area contributed by atoms with Gasteiger partial charge in [0.25, 0.3) is 5.69 Å². The predicted octanol–water partition coefficient (Wildman–Crippen LogP) is 0.445. The number of benzene rings is 1. The van der Waals surface area contributed by atoms with Crippen LogP contribution in [0.4, 0.5) is 5.69 Å². The minimum atomic E-state index is -0.730. The first-order valence-electron chi connectivity index (χ1n) is 6.71. The molecule has 1 atom stereocenters. The Balaban J connectivity index is 2.80. The Bertz CT molecular complexity index is 586. The number of hydrogen-bond acceptors (Lipinski definition) is 5. The second-order valence-electron chi connectivity index (χ2n) is 5.19. The van der Waals surface area contributed by atoms with E-state index in [1.54, 1.807) is 13.8 Å². The lowest BCUT2D eigenvalue weighted by atomic mass is 10.0. The molecule has 0 aliphatic rings. The van der Waals surface area contributed by atoms with Crippen LogP contribution in [0.25, 0.3) is 0 Å². The monoisotopic (exact) mass is 308 g/mol. The van der Waals surface area contributed by atoms with Crippen molar-refractivity contribution in [1.82, 2.24) is 10.6 Å². The molecule has 0 aliphatic carbocycles. The zero-order chi connectivity index (χ0) is 16.9. The second kappa shape index (κ2) is 7.39. The Morgan fingerprint density at radius 1 is 1.32 bits per heavy atom. The van der Waals surface area contributed by atoms with Crippen LogP contribution in [0.2, 0.25) is 0 Å². The molecule has 0 heterocycles. The first-order valence-corrected chi connectivity index (χ1v) is 6.71. The molecule has 8 nitrogen and oxygen atoms in total. The van der Waals surface area contributed by atoms with Gasteiger partial charge in [-0.05, 0) is 11.5 Å². The molecule has 2 N–H and O–H groups in total. The van der Waals surface area contributed by atoms with Crippen LogP contribution in [0.15, 0.2) is 18.2 Å². The second-order valence-corrected chi connectivity index (χ2v) is 5.19. The fraction of sp³-hybridized carbons (Fsp3) is 0.429. The number of carbonyl (C=O) groups excluding carboxylic acids is 2. The van der Waals surface area contributed by atoms with Crippen molar-refractivity contribution in [2.24, 2.45) is 5.92 Å². The van der Waals surface area contributed by atoms with Crippen LogP contribution >= 0.6 is 0 Å². The molecule has 0 unspecified atom stereocenters. The molecule has 0 bridgehead atoms. The molecule has 0 saturated heterocycles. The van der Waals surface area contributed by atoms with E-state index < -0.39 is 22.6 Å². The van der Waals surface area contributed by atoms with Gasteiger partial charge in [0.15, 0.2) is 0 Å². The molecule has 22 heavy (non-hydrogen) atoms. The summed E-state index contributed by atoms with van der Waals surface area (Å²) in [5.74, 6) is -1.32. The topological polar surface area (TPSA) is 124 Å². The highest BCUT2D eigenvalue weighted by molar-refractivity contribution is 5.87. The molecule has 120 valence electrons. The van der Waals surface area contributed by atoms with Gasteiger partial charge < -0.3 is 15.7 Å². The van der Waals surface area contributed by atoms with Gasteiger partial charge >= 0.3 is 0 Å². The van der Waals surface area contributed by atoms with E-state index in [0.717, 1.165) is 18.2 Å². The highest BCUT2D eigenvalue weighted by atomic mass is 16.6. The third kappa shape index (κ3) is 4.72. The van der Waals surface area contributed by atoms with Crippen molar-refractivity contribution in [2.75, 3.05) is 0 Å². The van der Waals surface area contributed by atoms with E-state index in [4.69, 9.17) is 0 Å². The van der Waals surface area contributed by atoms with Crippen molar-refractivity contribution < 1.29 is 19.6 Å². The Hall–Kier alpha value is -2.64. The highest BCUT2D eigenvalue weighted by Crippen LogP contribution is 2.20. The summed E-state index contributed by atoms with van der Waals surface area (Å²) < 4.78 is 0. The first-order chi connectivity index (χ1) is 10.2. The Morgan fingerprint density at radius 2 is 1.95 bits per heavy atom. The summed E-state index contributed by atoms with van der Waals surface area (Å²) in [7, 11) is 0. The minimum Gasteiger partial charge on any atom is -0.872 e. The van der Waals surface area contributed by atoms with E-state index >= 15 is 0 Å². The van der Waals surface area contributed by atoms with Crippen molar-refractivity contribution in [1.29, 1.82) is 0 Å². The zero-order valence-electron chi connectivity index (χ0n) is 12.6. The number of nitrogens with zero attached hydrogens (tertiary/aromatic N) is 1. The molecule has 0 radical (unpaired) electrons. The van der Waals surface area contributed by atoms with E-state index in [0.29, 0.717) is 0 Å². The van der Waals surface area contributed by atoms with Crippen molar-refractivity contribution in [3.05, 3.63) is 33.9 Å². The summed E-state index contributed by atoms with van der Waals surface area (Å²) in [4.78, 5) is 33.2. The Morgan fingerprint density at radius 3 is 2.45 bits per heavy atom. The molecule has 0 aromatic heterocycles. The van der Waals surface area contributed by atoms with Crippen LogP contribution in [0.3, 0.4) is 0 Å². The van der Waals surface area contributed by atoms with Gasteiger partial charge in [0, 0.05) is 25.6 Å². The number of nitrogens with one attached hydrogen (secondary N) is 2. The summed E-state index contributed by atoms with van der Waals surface area (Å²) in [6.45, 7) is 4.71. The van der Waals surface area contributed by atoms with Crippen molar-refractivity contribution in [2.45, 2.75) is 33.4 Å². The maximum atomic E-state index is 12.1. The van der Waals surface area contributed by atoms with Crippen LogP contribution in [0.1, 0.15) is 26.3 Å². The fourth-order valence-corrected chi connectivity index (χ4v) is 1.86. The van der Waals surface area contributed by atoms with Crippen molar-refractivity contribution in [3.8, 4) is 5.75 Å². The molecule has 0 spiro atoms. The molecule has 1 rings (SSSR count). The van der Waals surface area contributed by atoms with Gasteiger partial charge in [-0.2, -0.15) is 0 Å². The van der Waals surface area contributed by atoms with Gasteiger partial charge in [-0.15, -0.1) is 5.75 Å². The van der Waals surface area contributed by atoms with Gasteiger partial charge in [0.2, 0.25) is 11.8 Å². The molecule has 0 aliphatic heterocycles. The average Bonchev–Trinajstić information content (AvgIpc) is 2.42. The summed E-state index contributed by atoms with van der Waals surface area (Å²) in [5, 5.41) is 27.4. The smallest absolute Gasteiger partial charge is 0.269 e. The quantitative estimate of drug-likeness (QED) is 0.583. The molecule has 1 aromatic carbocycles. The molecule has 2 amide bonds. The molecular weight excluding hydrogens is 290 g/mol. The fourth-order valence-electron chi connectivity index (χ4n) is 1.86. The van der Waals surface area contributed by atoms with Crippen molar-refractivity contribution in [3.63, 3.8) is 0 Å². The molecular formula is C14H18N3O5-. The van der Waals surface area contributed by atoms with Gasteiger partial charge in [-0.1, -0.05) is 19.9 Å². The number of nitro groups is 1. The van der Waals surface area contributed by atoms with Gasteiger partial charge in [0.1, 0.15) is 6.04 Å². The number of carbonyl (C=O) groups is 2. The van der Waals surface area contributed by atoms with Crippen LogP contribution in [0.5, 0.6) is 5.75 Å². The molecule has 8 heteroatoms. The molecule has 1 aromatic rings. The SMILES string of the molecule is CC(=O)N[C@@H](C(=O)NCc1cc([N+](=O)[O-])ccc1[O-])C(C)C. The minimum absolute atomic E-state index is 0.118. The number of non-ortho nitro benzene ring substituents is 1. The number of rotatable bonds is 6. The third-order valence-electron chi connectivity index (χ3n) is 3.02. The third-order valence-corrected chi connectivity index (χ3v) is 3.02. The number of hydrogen-bond donors (Lipinski definition) is 2. The summed E-state index contributed by atoms with van der Waals surface area (Å²) in [6, 6.07) is 2.60. The lowest BCUT2D eigenvalue weighted by Crippen LogP contribution is -2.48. The summed E-state index contributed by atoms with van der Waals surface area (Å²) in [5.41, 5.74) is -0.0981. The van der Waals surface area contributed by atoms with E-state index in [2.05, 4.69) is 10.6 Å².